The van der Waals surface area contributed by atoms with Crippen molar-refractivity contribution in [1.29, 1.82) is 0 Å². The van der Waals surface area contributed by atoms with Gasteiger partial charge in [0, 0.05) is 25.7 Å². The minimum Gasteiger partial charge on any atom is -0.476 e. The lowest BCUT2D eigenvalue weighted by Crippen LogP contribution is -2.52. The van der Waals surface area contributed by atoms with Crippen molar-refractivity contribution in [3.05, 3.63) is 31.2 Å². The maximum atomic E-state index is 12.9. The molecule has 1 aliphatic heterocycles. The predicted molar refractivity (Wildman–Crippen MR) is 111 cm³/mol. The fourth-order valence-electron chi connectivity index (χ4n) is 3.48. The summed E-state index contributed by atoms with van der Waals surface area (Å²) in [6, 6.07) is 3.72. The molecule has 1 unspecified atom stereocenters. The molecule has 6 heteroatoms. The monoisotopic (exact) mass is 387 g/mol. The zero-order chi connectivity index (χ0) is 20.1. The molecule has 1 aliphatic carbocycles. The molecule has 1 aromatic rings. The van der Waals surface area contributed by atoms with Crippen molar-refractivity contribution in [3.63, 3.8) is 0 Å². The summed E-state index contributed by atoms with van der Waals surface area (Å²) >= 11 is 0. The van der Waals surface area contributed by atoms with Crippen LogP contribution in [0.15, 0.2) is 12.1 Å². The van der Waals surface area contributed by atoms with Crippen LogP contribution in [-0.2, 0) is 4.74 Å². The molecule has 2 heterocycles. The van der Waals surface area contributed by atoms with Gasteiger partial charge in [-0.1, -0.05) is 27.2 Å². The van der Waals surface area contributed by atoms with E-state index in [9.17, 15) is 4.79 Å². The number of rotatable bonds is 11. The van der Waals surface area contributed by atoms with Crippen LogP contribution in [0.4, 0.5) is 5.69 Å². The second-order valence-electron chi connectivity index (χ2n) is 7.86. The summed E-state index contributed by atoms with van der Waals surface area (Å²) < 4.78 is 11.4. The van der Waals surface area contributed by atoms with Gasteiger partial charge in [-0.2, -0.15) is 0 Å². The Morgan fingerprint density at radius 3 is 2.71 bits per heavy atom. The number of nitrogens with zero attached hydrogens (tertiary/aromatic N) is 2. The number of carbonyl (C=O) groups excluding carboxylic acids is 1. The SMILES string of the molecule is [CH2]CC([CH]CC)(CC)NC(=O)c1ccc(N2CC(OC)C2)c(OCC2CC2)n1. The molecule has 1 atom stereocenters. The van der Waals surface area contributed by atoms with Crippen LogP contribution in [0.25, 0.3) is 0 Å². The number of carbonyl (C=O) groups is 1. The van der Waals surface area contributed by atoms with Gasteiger partial charge in [-0.15, -0.1) is 0 Å². The topological polar surface area (TPSA) is 63.7 Å². The van der Waals surface area contributed by atoms with Crippen LogP contribution in [-0.4, -0.2) is 49.3 Å². The molecular weight excluding hydrogens is 354 g/mol. The molecule has 154 valence electrons. The third kappa shape index (κ3) is 4.77. The zero-order valence-corrected chi connectivity index (χ0v) is 17.4. The Hall–Kier alpha value is -1.82. The molecule has 2 aliphatic rings. The van der Waals surface area contributed by atoms with E-state index >= 15 is 0 Å². The molecule has 2 fully saturated rings. The minimum atomic E-state index is -0.398. The largest absolute Gasteiger partial charge is 0.476 e. The molecule has 0 aromatic carbocycles. The molecule has 1 saturated heterocycles. The number of hydrogen-bond acceptors (Lipinski definition) is 5. The Balaban J connectivity index is 1.76. The lowest BCUT2D eigenvalue weighted by atomic mass is 9.87. The summed E-state index contributed by atoms with van der Waals surface area (Å²) in [6.07, 6.45) is 7.07. The molecule has 0 bridgehead atoms. The molecule has 3 rings (SSSR count). The standard InChI is InChI=1S/C22H33N3O3/c1-5-12-22(6-2,7-3)24-20(26)18-10-11-19(25-13-17(14-25)27-4)21(23-18)28-15-16-8-9-16/h10-12,16-17H,2,5-9,13-15H2,1,3-4H3,(H,24,26). The molecule has 1 saturated carbocycles. The Labute approximate surface area is 169 Å². The van der Waals surface area contributed by atoms with Gasteiger partial charge < -0.3 is 19.7 Å². The second kappa shape index (κ2) is 9.12. The van der Waals surface area contributed by atoms with Crippen LogP contribution < -0.4 is 15.0 Å². The molecule has 0 spiro atoms. The normalized spacial score (nSPS) is 17.4. The van der Waals surface area contributed by atoms with Gasteiger partial charge >= 0.3 is 0 Å². The fraction of sp³-hybridized carbons (Fsp3) is 0.636. The summed E-state index contributed by atoms with van der Waals surface area (Å²) in [5.41, 5.74) is 0.920. The maximum Gasteiger partial charge on any atom is 0.270 e. The molecule has 1 aromatic heterocycles. The van der Waals surface area contributed by atoms with Gasteiger partial charge in [0.05, 0.1) is 12.7 Å². The summed E-state index contributed by atoms with van der Waals surface area (Å²) in [6.45, 7) is 10.5. The van der Waals surface area contributed by atoms with E-state index in [0.717, 1.165) is 31.6 Å². The Bertz CT molecular complexity index is 665. The van der Waals surface area contributed by atoms with Crippen molar-refractivity contribution >= 4 is 11.6 Å². The van der Waals surface area contributed by atoms with Crippen molar-refractivity contribution in [1.82, 2.24) is 10.3 Å². The third-order valence-electron chi connectivity index (χ3n) is 5.78. The Kier molecular flexibility index (Phi) is 6.81. The number of hydrogen-bond donors (Lipinski definition) is 1. The van der Waals surface area contributed by atoms with Gasteiger partial charge in [-0.25, -0.2) is 4.98 Å². The summed E-state index contributed by atoms with van der Waals surface area (Å²) in [7, 11) is 1.73. The molecule has 6 nitrogen and oxygen atoms in total. The second-order valence-corrected chi connectivity index (χ2v) is 7.86. The summed E-state index contributed by atoms with van der Waals surface area (Å²) in [5.74, 6) is 0.981. The number of methoxy groups -OCH3 is 1. The zero-order valence-electron chi connectivity index (χ0n) is 17.4. The molecular formula is C22H33N3O3. The van der Waals surface area contributed by atoms with Gasteiger partial charge in [-0.3, -0.25) is 4.79 Å². The summed E-state index contributed by atoms with van der Waals surface area (Å²) in [4.78, 5) is 19.7. The molecule has 28 heavy (non-hydrogen) atoms. The number of anilines is 1. The van der Waals surface area contributed by atoms with Crippen molar-refractivity contribution in [3.8, 4) is 5.88 Å². The highest BCUT2D eigenvalue weighted by Gasteiger charge is 2.32. The third-order valence-corrected chi connectivity index (χ3v) is 5.78. The van der Waals surface area contributed by atoms with Crippen LogP contribution >= 0.6 is 0 Å². The van der Waals surface area contributed by atoms with Crippen LogP contribution in [0.2, 0.25) is 0 Å². The van der Waals surface area contributed by atoms with E-state index in [0.29, 0.717) is 30.5 Å². The van der Waals surface area contributed by atoms with E-state index in [-0.39, 0.29) is 12.0 Å². The first-order chi connectivity index (χ1) is 13.5. The van der Waals surface area contributed by atoms with Crippen molar-refractivity contribution < 1.29 is 14.3 Å². The first-order valence-electron chi connectivity index (χ1n) is 10.4. The van der Waals surface area contributed by atoms with Crippen LogP contribution in [0, 0.1) is 19.3 Å². The number of ether oxygens (including phenoxy) is 2. The van der Waals surface area contributed by atoms with E-state index < -0.39 is 5.54 Å². The first kappa shape index (κ1) is 20.9. The summed E-state index contributed by atoms with van der Waals surface area (Å²) in [5, 5.41) is 3.14. The predicted octanol–water partition coefficient (Wildman–Crippen LogP) is 3.42. The van der Waals surface area contributed by atoms with Crippen LogP contribution in [0.5, 0.6) is 5.88 Å². The van der Waals surface area contributed by atoms with Crippen LogP contribution in [0.1, 0.15) is 56.4 Å². The van der Waals surface area contributed by atoms with Crippen molar-refractivity contribution in [2.75, 3.05) is 31.7 Å². The number of nitrogens with one attached hydrogen (secondary N) is 1. The lowest BCUT2D eigenvalue weighted by Gasteiger charge is -2.40. The Morgan fingerprint density at radius 2 is 2.14 bits per heavy atom. The van der Waals surface area contributed by atoms with Gasteiger partial charge in [-0.05, 0) is 50.2 Å². The van der Waals surface area contributed by atoms with Crippen molar-refractivity contribution in [2.24, 2.45) is 5.92 Å². The van der Waals surface area contributed by atoms with Gasteiger partial charge in [0.25, 0.3) is 5.91 Å². The lowest BCUT2D eigenvalue weighted by molar-refractivity contribution is 0.0782. The average Bonchev–Trinajstić information content (AvgIpc) is 3.50. The Morgan fingerprint density at radius 1 is 1.39 bits per heavy atom. The highest BCUT2D eigenvalue weighted by atomic mass is 16.5. The fourth-order valence-corrected chi connectivity index (χ4v) is 3.48. The molecule has 1 amide bonds. The first-order valence-corrected chi connectivity index (χ1v) is 10.4. The van der Waals surface area contributed by atoms with E-state index in [1.165, 1.54) is 12.8 Å². The van der Waals surface area contributed by atoms with Gasteiger partial charge in [0.15, 0.2) is 0 Å². The minimum absolute atomic E-state index is 0.184. The van der Waals surface area contributed by atoms with Gasteiger partial charge in [0.1, 0.15) is 11.4 Å². The highest BCUT2D eigenvalue weighted by Crippen LogP contribution is 2.34. The maximum absolute atomic E-state index is 12.9. The number of pyridine rings is 1. The molecule has 2 radical (unpaired) electrons. The smallest absolute Gasteiger partial charge is 0.270 e. The van der Waals surface area contributed by atoms with E-state index in [4.69, 9.17) is 9.47 Å². The van der Waals surface area contributed by atoms with E-state index in [1.807, 2.05) is 6.07 Å². The van der Waals surface area contributed by atoms with Crippen LogP contribution in [0.3, 0.4) is 0 Å². The number of aromatic nitrogens is 1. The highest BCUT2D eigenvalue weighted by molar-refractivity contribution is 5.93. The van der Waals surface area contributed by atoms with E-state index in [1.54, 1.807) is 13.2 Å². The average molecular weight is 388 g/mol. The number of amides is 1. The molecule has 1 N–H and O–H groups in total. The quantitative estimate of drug-likeness (QED) is 0.630. The van der Waals surface area contributed by atoms with E-state index in [2.05, 4.69) is 42.4 Å². The van der Waals surface area contributed by atoms with Gasteiger partial charge in [0.2, 0.25) is 5.88 Å². The van der Waals surface area contributed by atoms with Crippen molar-refractivity contribution in [2.45, 2.75) is 57.6 Å².